The Morgan fingerprint density at radius 3 is 2.69 bits per heavy atom. The van der Waals surface area contributed by atoms with Gasteiger partial charge < -0.3 is 5.11 Å². The number of aliphatic hydroxyl groups is 1. The van der Waals surface area contributed by atoms with E-state index in [1.807, 2.05) is 13.8 Å². The highest BCUT2D eigenvalue weighted by Crippen LogP contribution is 2.23. The molecule has 0 fully saturated rings. The lowest BCUT2D eigenvalue weighted by molar-refractivity contribution is 0.229. The van der Waals surface area contributed by atoms with Crippen LogP contribution in [0.25, 0.3) is 0 Å². The first kappa shape index (κ1) is 13.6. The molecule has 1 aromatic heterocycles. The van der Waals surface area contributed by atoms with Crippen LogP contribution < -0.4 is 0 Å². The molecule has 1 unspecified atom stereocenters. The molecular formula is C10H17NO3S2. The van der Waals surface area contributed by atoms with Crippen molar-refractivity contribution >= 4 is 21.4 Å². The molecule has 0 aliphatic carbocycles. The lowest BCUT2D eigenvalue weighted by Gasteiger charge is -2.26. The average molecular weight is 263 g/mol. The number of sulfonamides is 1. The van der Waals surface area contributed by atoms with Crippen LogP contribution in [0.4, 0.5) is 0 Å². The Hall–Kier alpha value is -0.430. The Morgan fingerprint density at radius 2 is 2.25 bits per heavy atom. The highest BCUT2D eigenvalue weighted by Gasteiger charge is 2.28. The Bertz CT molecular complexity index is 400. The van der Waals surface area contributed by atoms with Gasteiger partial charge in [0, 0.05) is 12.6 Å². The van der Waals surface area contributed by atoms with Crippen LogP contribution in [0.5, 0.6) is 0 Å². The second-order valence-corrected chi connectivity index (χ2v) is 6.59. The Labute approximate surface area is 101 Å². The molecule has 0 aromatic carbocycles. The monoisotopic (exact) mass is 263 g/mol. The molecule has 1 aromatic rings. The molecule has 0 saturated heterocycles. The minimum atomic E-state index is -3.44. The zero-order valence-electron chi connectivity index (χ0n) is 9.46. The van der Waals surface area contributed by atoms with Crippen LogP contribution in [0.2, 0.25) is 0 Å². The highest BCUT2D eigenvalue weighted by molar-refractivity contribution is 7.91. The smallest absolute Gasteiger partial charge is 0.252 e. The summed E-state index contributed by atoms with van der Waals surface area (Å²) in [6.45, 7) is 3.77. The zero-order chi connectivity index (χ0) is 12.2. The van der Waals surface area contributed by atoms with Crippen molar-refractivity contribution in [3.8, 4) is 0 Å². The first-order valence-electron chi connectivity index (χ1n) is 5.20. The molecule has 0 amide bonds. The molecule has 92 valence electrons. The van der Waals surface area contributed by atoms with Gasteiger partial charge in [-0.1, -0.05) is 13.0 Å². The van der Waals surface area contributed by atoms with Crippen molar-refractivity contribution in [1.82, 2.24) is 4.31 Å². The van der Waals surface area contributed by atoms with Gasteiger partial charge in [-0.25, -0.2) is 8.42 Å². The zero-order valence-corrected chi connectivity index (χ0v) is 11.1. The van der Waals surface area contributed by atoms with Crippen molar-refractivity contribution < 1.29 is 13.5 Å². The number of thiophene rings is 1. The molecule has 0 bridgehead atoms. The third kappa shape index (κ3) is 2.82. The SMILES string of the molecule is CCC(C)N(CCO)S(=O)(=O)c1cccs1. The number of nitrogens with zero attached hydrogens (tertiary/aromatic N) is 1. The van der Waals surface area contributed by atoms with E-state index in [0.717, 1.165) is 6.42 Å². The third-order valence-corrected chi connectivity index (χ3v) is 5.85. The molecule has 1 heterocycles. The van der Waals surface area contributed by atoms with Crippen LogP contribution in [0.1, 0.15) is 20.3 Å². The van der Waals surface area contributed by atoms with Gasteiger partial charge in [0.15, 0.2) is 0 Å². The predicted octanol–water partition coefficient (Wildman–Crippen LogP) is 1.53. The lowest BCUT2D eigenvalue weighted by Crippen LogP contribution is -2.39. The van der Waals surface area contributed by atoms with Gasteiger partial charge in [0.2, 0.25) is 0 Å². The summed E-state index contributed by atoms with van der Waals surface area (Å²) < 4.78 is 26.1. The maximum atomic E-state index is 12.2. The van der Waals surface area contributed by atoms with E-state index in [-0.39, 0.29) is 19.2 Å². The van der Waals surface area contributed by atoms with Crippen molar-refractivity contribution in [2.24, 2.45) is 0 Å². The summed E-state index contributed by atoms with van der Waals surface area (Å²) in [5.74, 6) is 0. The maximum Gasteiger partial charge on any atom is 0.252 e. The maximum absolute atomic E-state index is 12.2. The van der Waals surface area contributed by atoms with Gasteiger partial charge in [0.05, 0.1) is 6.61 Å². The quantitative estimate of drug-likeness (QED) is 0.847. The molecule has 0 saturated carbocycles. The van der Waals surface area contributed by atoms with Crippen molar-refractivity contribution in [1.29, 1.82) is 0 Å². The summed E-state index contributed by atoms with van der Waals surface area (Å²) in [5, 5.41) is 10.7. The second kappa shape index (κ2) is 5.77. The molecular weight excluding hydrogens is 246 g/mol. The number of hydrogen-bond acceptors (Lipinski definition) is 4. The van der Waals surface area contributed by atoms with E-state index >= 15 is 0 Å². The molecule has 6 heteroatoms. The van der Waals surface area contributed by atoms with Crippen LogP contribution in [0, 0.1) is 0 Å². The Kier molecular flexibility index (Phi) is 4.91. The van der Waals surface area contributed by atoms with E-state index in [0.29, 0.717) is 4.21 Å². The molecule has 0 spiro atoms. The van der Waals surface area contributed by atoms with E-state index in [1.54, 1.807) is 17.5 Å². The Morgan fingerprint density at radius 1 is 1.56 bits per heavy atom. The van der Waals surface area contributed by atoms with Gasteiger partial charge in [-0.05, 0) is 24.8 Å². The fraction of sp³-hybridized carbons (Fsp3) is 0.600. The predicted molar refractivity (Wildman–Crippen MR) is 65.0 cm³/mol. The number of rotatable bonds is 6. The molecule has 1 rings (SSSR count). The van der Waals surface area contributed by atoms with Crippen LogP contribution >= 0.6 is 11.3 Å². The van der Waals surface area contributed by atoms with Crippen molar-refractivity contribution in [3.63, 3.8) is 0 Å². The van der Waals surface area contributed by atoms with Gasteiger partial charge >= 0.3 is 0 Å². The standard InChI is InChI=1S/C10H17NO3S2/c1-3-9(2)11(6-7-12)16(13,14)10-5-4-8-15-10/h4-5,8-9,12H,3,6-7H2,1-2H3. The van der Waals surface area contributed by atoms with E-state index < -0.39 is 10.0 Å². The van der Waals surface area contributed by atoms with Crippen molar-refractivity contribution in [2.75, 3.05) is 13.2 Å². The summed E-state index contributed by atoms with van der Waals surface area (Å²) in [6.07, 6.45) is 0.727. The first-order chi connectivity index (χ1) is 7.54. The van der Waals surface area contributed by atoms with E-state index in [1.165, 1.54) is 15.6 Å². The summed E-state index contributed by atoms with van der Waals surface area (Å²) in [4.78, 5) is 0. The molecule has 4 nitrogen and oxygen atoms in total. The van der Waals surface area contributed by atoms with Gasteiger partial charge in [0.25, 0.3) is 10.0 Å². The summed E-state index contributed by atoms with van der Waals surface area (Å²) in [7, 11) is -3.44. The second-order valence-electron chi connectivity index (χ2n) is 3.53. The van der Waals surface area contributed by atoms with E-state index in [9.17, 15) is 8.42 Å². The van der Waals surface area contributed by atoms with Crippen molar-refractivity contribution in [2.45, 2.75) is 30.5 Å². The van der Waals surface area contributed by atoms with Gasteiger partial charge in [-0.3, -0.25) is 0 Å². The van der Waals surface area contributed by atoms with E-state index in [2.05, 4.69) is 0 Å². The summed E-state index contributed by atoms with van der Waals surface area (Å²) in [6, 6.07) is 3.21. The van der Waals surface area contributed by atoms with Gasteiger partial charge in [-0.15, -0.1) is 11.3 Å². The molecule has 1 atom stereocenters. The van der Waals surface area contributed by atoms with Gasteiger partial charge in [-0.2, -0.15) is 4.31 Å². The molecule has 0 radical (unpaired) electrons. The molecule has 0 aliphatic rings. The van der Waals surface area contributed by atoms with Crippen LogP contribution in [0.3, 0.4) is 0 Å². The fourth-order valence-electron chi connectivity index (χ4n) is 1.41. The van der Waals surface area contributed by atoms with Crippen molar-refractivity contribution in [3.05, 3.63) is 17.5 Å². The van der Waals surface area contributed by atoms with E-state index in [4.69, 9.17) is 5.11 Å². The first-order valence-corrected chi connectivity index (χ1v) is 7.52. The largest absolute Gasteiger partial charge is 0.395 e. The topological polar surface area (TPSA) is 57.6 Å². The normalized spacial score (nSPS) is 14.2. The summed E-state index contributed by atoms with van der Waals surface area (Å²) >= 11 is 1.20. The molecule has 1 N–H and O–H groups in total. The summed E-state index contributed by atoms with van der Waals surface area (Å²) in [5.41, 5.74) is 0. The Balaban J connectivity index is 3.02. The minimum absolute atomic E-state index is 0.0979. The lowest BCUT2D eigenvalue weighted by atomic mass is 10.3. The van der Waals surface area contributed by atoms with Gasteiger partial charge in [0.1, 0.15) is 4.21 Å². The third-order valence-electron chi connectivity index (χ3n) is 2.46. The van der Waals surface area contributed by atoms with Crippen LogP contribution in [-0.4, -0.2) is 37.0 Å². The highest BCUT2D eigenvalue weighted by atomic mass is 32.2. The van der Waals surface area contributed by atoms with Crippen LogP contribution in [-0.2, 0) is 10.0 Å². The number of aliphatic hydroxyl groups excluding tert-OH is 1. The molecule has 0 aliphatic heterocycles. The number of hydrogen-bond donors (Lipinski definition) is 1. The average Bonchev–Trinajstić information content (AvgIpc) is 2.78. The fourth-order valence-corrected chi connectivity index (χ4v) is 4.22. The van der Waals surface area contributed by atoms with Crippen LogP contribution in [0.15, 0.2) is 21.7 Å². The molecule has 16 heavy (non-hydrogen) atoms. The minimum Gasteiger partial charge on any atom is -0.395 e.